The Bertz CT molecular complexity index is 345. The Morgan fingerprint density at radius 3 is 2.33 bits per heavy atom. The van der Waals surface area contributed by atoms with Gasteiger partial charge < -0.3 is 10.8 Å². The molecule has 0 aliphatic rings. The molecule has 0 aliphatic carbocycles. The normalized spacial score (nSPS) is 13.2. The van der Waals surface area contributed by atoms with E-state index in [4.69, 9.17) is 5.73 Å². The Kier molecular flexibility index (Phi) is 3.75. The van der Waals surface area contributed by atoms with Crippen LogP contribution in [0, 0.1) is 6.92 Å². The number of phenolic OH excluding ortho intramolecular Hbond substituents is 1. The topological polar surface area (TPSA) is 46.2 Å². The SMILES string of the molecule is Cc1ccc(C(C)C)c(C(C)CN)c1O. The molecule has 84 valence electrons. The number of phenols is 1. The van der Waals surface area contributed by atoms with E-state index in [1.807, 2.05) is 13.0 Å². The summed E-state index contributed by atoms with van der Waals surface area (Å²) >= 11 is 0. The summed E-state index contributed by atoms with van der Waals surface area (Å²) in [5.41, 5.74) is 8.83. The fourth-order valence-corrected chi connectivity index (χ4v) is 1.87. The van der Waals surface area contributed by atoms with Crippen LogP contribution in [0.4, 0.5) is 0 Å². The van der Waals surface area contributed by atoms with Gasteiger partial charge in [0.25, 0.3) is 0 Å². The van der Waals surface area contributed by atoms with Crippen molar-refractivity contribution in [3.8, 4) is 5.75 Å². The highest BCUT2D eigenvalue weighted by Gasteiger charge is 2.17. The first-order chi connectivity index (χ1) is 6.99. The van der Waals surface area contributed by atoms with Crippen LogP contribution in [0.15, 0.2) is 12.1 Å². The molecule has 0 fully saturated rings. The molecule has 2 nitrogen and oxygen atoms in total. The highest BCUT2D eigenvalue weighted by molar-refractivity contribution is 5.48. The number of aryl methyl sites for hydroxylation is 1. The van der Waals surface area contributed by atoms with Crippen molar-refractivity contribution in [1.82, 2.24) is 0 Å². The molecule has 0 saturated carbocycles. The van der Waals surface area contributed by atoms with Gasteiger partial charge in [-0.05, 0) is 36.4 Å². The second kappa shape index (κ2) is 4.67. The second-order valence-corrected chi connectivity index (χ2v) is 4.53. The Morgan fingerprint density at radius 2 is 1.87 bits per heavy atom. The fraction of sp³-hybridized carbons (Fsp3) is 0.538. The van der Waals surface area contributed by atoms with E-state index in [1.54, 1.807) is 0 Å². The summed E-state index contributed by atoms with van der Waals surface area (Å²) < 4.78 is 0. The van der Waals surface area contributed by atoms with E-state index in [1.165, 1.54) is 5.56 Å². The molecule has 0 spiro atoms. The van der Waals surface area contributed by atoms with E-state index < -0.39 is 0 Å². The summed E-state index contributed by atoms with van der Waals surface area (Å²) in [4.78, 5) is 0. The molecule has 0 heterocycles. The first-order valence-corrected chi connectivity index (χ1v) is 5.51. The number of hydrogen-bond acceptors (Lipinski definition) is 2. The molecule has 1 unspecified atom stereocenters. The lowest BCUT2D eigenvalue weighted by molar-refractivity contribution is 0.457. The molecular formula is C13H21NO. The minimum atomic E-state index is 0.210. The Labute approximate surface area is 92.1 Å². The lowest BCUT2D eigenvalue weighted by atomic mass is 9.87. The third-order valence-electron chi connectivity index (χ3n) is 2.92. The highest BCUT2D eigenvalue weighted by Crippen LogP contribution is 2.35. The van der Waals surface area contributed by atoms with Crippen LogP contribution < -0.4 is 5.73 Å². The first-order valence-electron chi connectivity index (χ1n) is 5.51. The summed E-state index contributed by atoms with van der Waals surface area (Å²) in [6.07, 6.45) is 0. The van der Waals surface area contributed by atoms with Crippen LogP contribution in [0.5, 0.6) is 5.75 Å². The summed E-state index contributed by atoms with van der Waals surface area (Å²) in [6.45, 7) is 8.82. The molecule has 1 aromatic rings. The van der Waals surface area contributed by atoms with Crippen LogP contribution >= 0.6 is 0 Å². The Hall–Kier alpha value is -1.02. The van der Waals surface area contributed by atoms with Gasteiger partial charge in [-0.2, -0.15) is 0 Å². The molecule has 1 atom stereocenters. The van der Waals surface area contributed by atoms with Crippen molar-refractivity contribution >= 4 is 0 Å². The third-order valence-corrected chi connectivity index (χ3v) is 2.92. The minimum Gasteiger partial charge on any atom is -0.507 e. The van der Waals surface area contributed by atoms with Gasteiger partial charge in [-0.15, -0.1) is 0 Å². The van der Waals surface area contributed by atoms with Crippen molar-refractivity contribution in [2.75, 3.05) is 6.54 Å². The molecule has 0 aliphatic heterocycles. The highest BCUT2D eigenvalue weighted by atomic mass is 16.3. The number of nitrogens with two attached hydrogens (primary N) is 1. The van der Waals surface area contributed by atoms with Crippen LogP contribution in [0.3, 0.4) is 0 Å². The standard InChI is InChI=1S/C13H21NO/c1-8(2)11-6-5-9(3)13(15)12(11)10(4)7-14/h5-6,8,10,15H,7,14H2,1-4H3. The van der Waals surface area contributed by atoms with E-state index in [9.17, 15) is 5.11 Å². The van der Waals surface area contributed by atoms with Crippen LogP contribution in [0.25, 0.3) is 0 Å². The summed E-state index contributed by atoms with van der Waals surface area (Å²) in [6, 6.07) is 4.07. The molecule has 1 aromatic carbocycles. The zero-order chi connectivity index (χ0) is 11.6. The monoisotopic (exact) mass is 207 g/mol. The van der Waals surface area contributed by atoms with Crippen LogP contribution in [0.1, 0.15) is 49.3 Å². The van der Waals surface area contributed by atoms with Crippen molar-refractivity contribution in [3.63, 3.8) is 0 Å². The van der Waals surface area contributed by atoms with Crippen molar-refractivity contribution in [2.24, 2.45) is 5.73 Å². The maximum Gasteiger partial charge on any atom is 0.122 e. The maximum absolute atomic E-state index is 10.1. The maximum atomic E-state index is 10.1. The van der Waals surface area contributed by atoms with E-state index in [0.717, 1.165) is 11.1 Å². The van der Waals surface area contributed by atoms with Gasteiger partial charge in [0, 0.05) is 5.56 Å². The van der Waals surface area contributed by atoms with E-state index in [0.29, 0.717) is 18.2 Å². The molecule has 1 rings (SSSR count). The molecule has 0 amide bonds. The number of aromatic hydroxyl groups is 1. The van der Waals surface area contributed by atoms with Gasteiger partial charge in [0.15, 0.2) is 0 Å². The zero-order valence-electron chi connectivity index (χ0n) is 10.0. The van der Waals surface area contributed by atoms with Gasteiger partial charge in [-0.25, -0.2) is 0 Å². The molecule has 0 aromatic heterocycles. The first kappa shape index (κ1) is 12.1. The number of benzene rings is 1. The van der Waals surface area contributed by atoms with Crippen molar-refractivity contribution < 1.29 is 5.11 Å². The van der Waals surface area contributed by atoms with Gasteiger partial charge in [-0.1, -0.05) is 32.9 Å². The quantitative estimate of drug-likeness (QED) is 0.800. The van der Waals surface area contributed by atoms with E-state index >= 15 is 0 Å². The van der Waals surface area contributed by atoms with Crippen molar-refractivity contribution in [3.05, 3.63) is 28.8 Å². The largest absolute Gasteiger partial charge is 0.507 e. The van der Waals surface area contributed by atoms with Crippen molar-refractivity contribution in [2.45, 2.75) is 39.5 Å². The van der Waals surface area contributed by atoms with Crippen LogP contribution in [-0.2, 0) is 0 Å². The summed E-state index contributed by atoms with van der Waals surface area (Å²) in [7, 11) is 0. The molecule has 15 heavy (non-hydrogen) atoms. The number of rotatable bonds is 3. The summed E-state index contributed by atoms with van der Waals surface area (Å²) in [5.74, 6) is 1.04. The van der Waals surface area contributed by atoms with Gasteiger partial charge in [-0.3, -0.25) is 0 Å². The molecule has 0 radical (unpaired) electrons. The van der Waals surface area contributed by atoms with Gasteiger partial charge in [0.2, 0.25) is 0 Å². The van der Waals surface area contributed by atoms with E-state index in [-0.39, 0.29) is 5.92 Å². The number of hydrogen-bond donors (Lipinski definition) is 2. The average molecular weight is 207 g/mol. The predicted octanol–water partition coefficient (Wildman–Crippen LogP) is 2.89. The average Bonchev–Trinajstić information content (AvgIpc) is 2.20. The van der Waals surface area contributed by atoms with Gasteiger partial charge in [0.05, 0.1) is 0 Å². The van der Waals surface area contributed by atoms with E-state index in [2.05, 4.69) is 26.8 Å². The van der Waals surface area contributed by atoms with Crippen LogP contribution in [-0.4, -0.2) is 11.7 Å². The zero-order valence-corrected chi connectivity index (χ0v) is 10.0. The second-order valence-electron chi connectivity index (χ2n) is 4.53. The third kappa shape index (κ3) is 2.32. The summed E-state index contributed by atoms with van der Waals surface area (Å²) in [5, 5.41) is 10.1. The molecule has 2 heteroatoms. The minimum absolute atomic E-state index is 0.210. The lowest BCUT2D eigenvalue weighted by Gasteiger charge is -2.20. The fourth-order valence-electron chi connectivity index (χ4n) is 1.87. The smallest absolute Gasteiger partial charge is 0.122 e. The molecule has 0 bridgehead atoms. The lowest BCUT2D eigenvalue weighted by Crippen LogP contribution is -2.12. The predicted molar refractivity (Wildman–Crippen MR) is 64.4 cm³/mol. The Morgan fingerprint density at radius 1 is 1.27 bits per heavy atom. The van der Waals surface area contributed by atoms with Gasteiger partial charge in [0.1, 0.15) is 5.75 Å². The van der Waals surface area contributed by atoms with Crippen LogP contribution in [0.2, 0.25) is 0 Å². The molecule has 0 saturated heterocycles. The molecular weight excluding hydrogens is 186 g/mol. The Balaban J connectivity index is 3.35. The van der Waals surface area contributed by atoms with Crippen molar-refractivity contribution in [1.29, 1.82) is 0 Å². The van der Waals surface area contributed by atoms with Gasteiger partial charge >= 0.3 is 0 Å². The molecule has 3 N–H and O–H groups in total.